The van der Waals surface area contributed by atoms with Gasteiger partial charge in [0.1, 0.15) is 8.07 Å². The Balaban J connectivity index is 0.00000272. The van der Waals surface area contributed by atoms with Crippen LogP contribution in [0.15, 0.2) is 78.9 Å². The van der Waals surface area contributed by atoms with E-state index >= 15 is 0 Å². The maximum absolute atomic E-state index is 2.46. The van der Waals surface area contributed by atoms with Gasteiger partial charge in [-0.3, -0.25) is 0 Å². The number of benzene rings is 3. The monoisotopic (exact) mass is 560 g/mol. The Kier molecular flexibility index (Phi) is 12.7. The molecule has 5 heteroatoms. The summed E-state index contributed by atoms with van der Waals surface area (Å²) < 4.78 is 0. The van der Waals surface area contributed by atoms with Crippen LogP contribution in [0.2, 0.25) is 0 Å². The molecular weight excluding hydrogens is 531 g/mol. The molecule has 34 heavy (non-hydrogen) atoms. The minimum atomic E-state index is -2.46. The molecule has 0 amide bonds. The number of hydrogen-bond donors (Lipinski definition) is 0. The second-order valence-corrected chi connectivity index (χ2v) is 12.5. The number of hydrogen-bond acceptors (Lipinski definition) is 0. The molecule has 0 aliphatic carbocycles. The van der Waals surface area contributed by atoms with Crippen molar-refractivity contribution >= 4 is 28.8 Å². The Morgan fingerprint density at radius 3 is 1.26 bits per heavy atom. The first-order chi connectivity index (χ1) is 14.4. The van der Waals surface area contributed by atoms with Crippen molar-refractivity contribution in [1.82, 2.24) is 0 Å². The van der Waals surface area contributed by atoms with Crippen LogP contribution in [0.25, 0.3) is 0 Å². The minimum absolute atomic E-state index is 0. The van der Waals surface area contributed by atoms with Crippen molar-refractivity contribution in [3.63, 3.8) is 0 Å². The zero-order valence-electron chi connectivity index (χ0n) is 20.6. The van der Waals surface area contributed by atoms with Crippen molar-refractivity contribution < 1.29 is 58.9 Å². The van der Waals surface area contributed by atoms with Crippen LogP contribution in [0.5, 0.6) is 0 Å². The molecular formula is C29H31Cl3SiTi. The predicted octanol–water partition coefficient (Wildman–Crippen LogP) is -4.36. The topological polar surface area (TPSA) is 0 Å². The zero-order valence-corrected chi connectivity index (χ0v) is 25.5. The second kappa shape index (κ2) is 13.2. The van der Waals surface area contributed by atoms with Gasteiger partial charge in [-0.15, -0.1) is 5.19 Å². The summed E-state index contributed by atoms with van der Waals surface area (Å²) in [6.45, 7) is 13.7. The van der Waals surface area contributed by atoms with Crippen molar-refractivity contribution in [2.24, 2.45) is 0 Å². The van der Waals surface area contributed by atoms with Crippen LogP contribution in [0.3, 0.4) is 0 Å². The summed E-state index contributed by atoms with van der Waals surface area (Å²) in [7, 11) is -2.46. The maximum Gasteiger partial charge on any atom is 4.00 e. The van der Waals surface area contributed by atoms with Gasteiger partial charge < -0.3 is 37.2 Å². The van der Waals surface area contributed by atoms with Gasteiger partial charge in [0.2, 0.25) is 0 Å². The van der Waals surface area contributed by atoms with Crippen LogP contribution in [0, 0.1) is 41.5 Å². The van der Waals surface area contributed by atoms with Gasteiger partial charge in [-0.1, -0.05) is 133 Å². The summed E-state index contributed by atoms with van der Waals surface area (Å²) in [6, 6.07) is 29.7. The Bertz CT molecular complexity index is 1140. The molecule has 4 aromatic carbocycles. The van der Waals surface area contributed by atoms with Crippen LogP contribution in [-0.2, 0) is 21.7 Å². The van der Waals surface area contributed by atoms with Gasteiger partial charge in [-0.25, -0.2) is 0 Å². The van der Waals surface area contributed by atoms with Crippen LogP contribution in [0.4, 0.5) is 0 Å². The Morgan fingerprint density at radius 1 is 0.500 bits per heavy atom. The normalized spacial score (nSPS) is 10.3. The van der Waals surface area contributed by atoms with Crippen molar-refractivity contribution in [2.45, 2.75) is 41.5 Å². The van der Waals surface area contributed by atoms with Gasteiger partial charge in [0.05, 0.1) is 0 Å². The SMILES string of the molecule is Cc1cccc([Si](c2ccccc2)(c2cccc(C)c2)[c-]2c(C)c(C)c(C)c2C)c1.[Cl-].[Cl-].[Cl-].[Ti+4]. The molecule has 0 radical (unpaired) electrons. The summed E-state index contributed by atoms with van der Waals surface area (Å²) >= 11 is 0. The Labute approximate surface area is 240 Å². The molecule has 0 atom stereocenters. The summed E-state index contributed by atoms with van der Waals surface area (Å²) in [6.07, 6.45) is 0. The van der Waals surface area contributed by atoms with E-state index in [1.165, 1.54) is 48.9 Å². The minimum Gasteiger partial charge on any atom is -1.00 e. The first-order valence-electron chi connectivity index (χ1n) is 10.8. The fourth-order valence-electron chi connectivity index (χ4n) is 5.16. The first-order valence-corrected chi connectivity index (χ1v) is 12.8. The molecule has 0 unspecified atom stereocenters. The Hall–Kier alpha value is -1.19. The fourth-order valence-corrected chi connectivity index (χ4v) is 10.8. The zero-order chi connectivity index (χ0) is 21.5. The van der Waals surface area contributed by atoms with E-state index in [0.29, 0.717) is 0 Å². The quantitative estimate of drug-likeness (QED) is 0.134. The summed E-state index contributed by atoms with van der Waals surface area (Å²) in [4.78, 5) is 0. The number of aryl methyl sites for hydroxylation is 2. The largest absolute Gasteiger partial charge is 4.00 e. The van der Waals surface area contributed by atoms with E-state index < -0.39 is 8.07 Å². The average Bonchev–Trinajstić information content (AvgIpc) is 2.94. The molecule has 0 aliphatic rings. The van der Waals surface area contributed by atoms with Crippen molar-refractivity contribution in [3.05, 3.63) is 112 Å². The van der Waals surface area contributed by atoms with Gasteiger partial charge in [0, 0.05) is 0 Å². The molecule has 0 fully saturated rings. The van der Waals surface area contributed by atoms with E-state index in [0.717, 1.165) is 0 Å². The molecule has 0 aliphatic heterocycles. The molecule has 0 nitrogen and oxygen atoms in total. The van der Waals surface area contributed by atoms with E-state index in [4.69, 9.17) is 0 Å². The molecule has 0 bridgehead atoms. The first kappa shape index (κ1) is 32.8. The molecule has 4 rings (SSSR count). The van der Waals surface area contributed by atoms with Gasteiger partial charge >= 0.3 is 21.7 Å². The molecule has 0 aromatic heterocycles. The van der Waals surface area contributed by atoms with E-state index in [1.54, 1.807) is 5.19 Å². The van der Waals surface area contributed by atoms with E-state index in [1.807, 2.05) is 0 Å². The maximum atomic E-state index is 2.43. The number of halogens is 3. The molecule has 4 aromatic rings. The van der Waals surface area contributed by atoms with E-state index in [2.05, 4.69) is 120 Å². The third-order valence-corrected chi connectivity index (χ3v) is 12.0. The van der Waals surface area contributed by atoms with Gasteiger partial charge in [0.25, 0.3) is 0 Å². The third kappa shape index (κ3) is 5.46. The third-order valence-electron chi connectivity index (χ3n) is 6.92. The van der Waals surface area contributed by atoms with Crippen molar-refractivity contribution in [2.75, 3.05) is 0 Å². The predicted molar refractivity (Wildman–Crippen MR) is 134 cm³/mol. The molecule has 0 spiro atoms. The molecule has 0 heterocycles. The molecule has 176 valence electrons. The molecule has 0 saturated carbocycles. The standard InChI is InChI=1S/C29H31Si.3ClH.Ti/c1-20-12-10-16-27(18-20)30(26-14-8-7-9-15-26,28-17-11-13-21(2)19-28)29-24(5)22(3)23(4)25(29)6;;;;/h7-19H,1-6H3;3*1H;/q-1;;;;+4/p-3. The van der Waals surface area contributed by atoms with Gasteiger partial charge in [0.15, 0.2) is 0 Å². The van der Waals surface area contributed by atoms with Crippen LogP contribution in [-0.4, -0.2) is 8.07 Å². The van der Waals surface area contributed by atoms with Crippen LogP contribution < -0.4 is 58.0 Å². The summed E-state index contributed by atoms with van der Waals surface area (Å²) in [5, 5.41) is 5.96. The van der Waals surface area contributed by atoms with Gasteiger partial charge in [-0.2, -0.15) is 22.3 Å². The summed E-state index contributed by atoms with van der Waals surface area (Å²) in [5.74, 6) is 0. The smallest absolute Gasteiger partial charge is 1.00 e. The summed E-state index contributed by atoms with van der Waals surface area (Å²) in [5.41, 5.74) is 8.45. The van der Waals surface area contributed by atoms with E-state index in [9.17, 15) is 0 Å². The van der Waals surface area contributed by atoms with Crippen LogP contribution >= 0.6 is 0 Å². The van der Waals surface area contributed by atoms with Gasteiger partial charge in [-0.05, 0) is 13.8 Å². The Morgan fingerprint density at radius 2 is 0.882 bits per heavy atom. The second-order valence-electron chi connectivity index (χ2n) is 8.73. The molecule has 0 N–H and O–H groups in total. The van der Waals surface area contributed by atoms with E-state index in [-0.39, 0.29) is 58.9 Å². The number of rotatable bonds is 4. The van der Waals surface area contributed by atoms with Crippen molar-refractivity contribution in [3.8, 4) is 0 Å². The van der Waals surface area contributed by atoms with Crippen molar-refractivity contribution in [1.29, 1.82) is 0 Å². The fraction of sp³-hybridized carbons (Fsp3) is 0.207. The molecule has 0 saturated heterocycles. The average molecular weight is 562 g/mol. The van der Waals surface area contributed by atoms with Crippen LogP contribution in [0.1, 0.15) is 33.4 Å².